The van der Waals surface area contributed by atoms with Crippen molar-refractivity contribution in [2.24, 2.45) is 0 Å². The Labute approximate surface area is 150 Å². The first-order valence-corrected chi connectivity index (χ1v) is 8.39. The van der Waals surface area contributed by atoms with Gasteiger partial charge in [-0.2, -0.15) is 10.4 Å². The van der Waals surface area contributed by atoms with Gasteiger partial charge in [-0.15, -0.1) is 0 Å². The van der Waals surface area contributed by atoms with E-state index in [-0.39, 0.29) is 5.91 Å². The van der Waals surface area contributed by atoms with E-state index in [1.165, 1.54) is 0 Å². The molecule has 1 saturated heterocycles. The maximum atomic E-state index is 12.7. The van der Waals surface area contributed by atoms with E-state index in [1.807, 2.05) is 30.3 Å². The minimum atomic E-state index is -0.104. The van der Waals surface area contributed by atoms with Crippen LogP contribution in [0.2, 0.25) is 0 Å². The first-order chi connectivity index (χ1) is 12.8. The summed E-state index contributed by atoms with van der Waals surface area (Å²) in [7, 11) is 0. The fraction of sp³-hybridized carbons (Fsp3) is 0.211. The molecule has 7 nitrogen and oxygen atoms in total. The second kappa shape index (κ2) is 6.76. The lowest BCUT2D eigenvalue weighted by Crippen LogP contribution is -2.49. The van der Waals surface area contributed by atoms with Gasteiger partial charge in [-0.3, -0.25) is 9.89 Å². The average Bonchev–Trinajstić information content (AvgIpc) is 3.39. The van der Waals surface area contributed by atoms with Crippen LogP contribution in [0, 0.1) is 11.3 Å². The van der Waals surface area contributed by atoms with Crippen LogP contribution in [0.25, 0.3) is 11.5 Å². The molecule has 0 unspecified atom stereocenters. The molecule has 0 radical (unpaired) electrons. The molecule has 130 valence electrons. The SMILES string of the molecule is N#Cc1ccccc1N1CCN(C(=O)c2cc(-c3ccco3)[nH]n2)CC1. The average molecular weight is 347 g/mol. The van der Waals surface area contributed by atoms with E-state index in [9.17, 15) is 10.1 Å². The van der Waals surface area contributed by atoms with Gasteiger partial charge in [-0.1, -0.05) is 12.1 Å². The third-order valence-electron chi connectivity index (χ3n) is 4.52. The summed E-state index contributed by atoms with van der Waals surface area (Å²) in [5, 5.41) is 16.2. The van der Waals surface area contributed by atoms with E-state index in [4.69, 9.17) is 4.42 Å². The van der Waals surface area contributed by atoms with Gasteiger partial charge in [0.1, 0.15) is 11.8 Å². The number of aromatic nitrogens is 2. The van der Waals surface area contributed by atoms with Gasteiger partial charge in [0.15, 0.2) is 11.5 Å². The number of rotatable bonds is 3. The van der Waals surface area contributed by atoms with Crippen molar-refractivity contribution in [3.05, 3.63) is 60.0 Å². The first kappa shape index (κ1) is 16.0. The van der Waals surface area contributed by atoms with Gasteiger partial charge >= 0.3 is 0 Å². The number of benzene rings is 1. The van der Waals surface area contributed by atoms with Crippen LogP contribution in [-0.2, 0) is 0 Å². The maximum absolute atomic E-state index is 12.7. The Morgan fingerprint density at radius 2 is 1.96 bits per heavy atom. The van der Waals surface area contributed by atoms with Crippen LogP contribution in [0.5, 0.6) is 0 Å². The Kier molecular flexibility index (Phi) is 4.15. The second-order valence-corrected chi connectivity index (χ2v) is 6.05. The van der Waals surface area contributed by atoms with Crippen molar-refractivity contribution in [1.29, 1.82) is 5.26 Å². The summed E-state index contributed by atoms with van der Waals surface area (Å²) < 4.78 is 5.31. The standard InChI is InChI=1S/C19H17N5O2/c20-13-14-4-1-2-5-17(14)23-7-9-24(10-8-23)19(25)16-12-15(21-22-16)18-6-3-11-26-18/h1-6,11-12H,7-10H2,(H,21,22). The maximum Gasteiger partial charge on any atom is 0.274 e. The van der Waals surface area contributed by atoms with E-state index >= 15 is 0 Å². The van der Waals surface area contributed by atoms with Gasteiger partial charge < -0.3 is 14.2 Å². The highest BCUT2D eigenvalue weighted by Crippen LogP contribution is 2.22. The van der Waals surface area contributed by atoms with E-state index in [0.717, 1.165) is 5.69 Å². The number of nitrogens with one attached hydrogen (secondary N) is 1. The second-order valence-electron chi connectivity index (χ2n) is 6.05. The Hall–Kier alpha value is -3.53. The zero-order chi connectivity index (χ0) is 17.9. The zero-order valence-corrected chi connectivity index (χ0v) is 14.1. The van der Waals surface area contributed by atoms with Crippen molar-refractivity contribution in [1.82, 2.24) is 15.1 Å². The normalized spacial score (nSPS) is 14.3. The fourth-order valence-corrected chi connectivity index (χ4v) is 3.15. The quantitative estimate of drug-likeness (QED) is 0.786. The highest BCUT2D eigenvalue weighted by molar-refractivity contribution is 5.93. The Bertz CT molecular complexity index is 946. The van der Waals surface area contributed by atoms with Crippen LogP contribution in [0.3, 0.4) is 0 Å². The summed E-state index contributed by atoms with van der Waals surface area (Å²) in [6.45, 7) is 2.53. The minimum Gasteiger partial charge on any atom is -0.463 e. The number of anilines is 1. The van der Waals surface area contributed by atoms with Crippen molar-refractivity contribution in [3.63, 3.8) is 0 Å². The molecule has 26 heavy (non-hydrogen) atoms. The fourth-order valence-electron chi connectivity index (χ4n) is 3.15. The van der Waals surface area contributed by atoms with E-state index < -0.39 is 0 Å². The van der Waals surface area contributed by atoms with Crippen LogP contribution >= 0.6 is 0 Å². The van der Waals surface area contributed by atoms with E-state index in [1.54, 1.807) is 23.3 Å². The third kappa shape index (κ3) is 2.93. The van der Waals surface area contributed by atoms with Crippen molar-refractivity contribution < 1.29 is 9.21 Å². The molecule has 1 aliphatic heterocycles. The van der Waals surface area contributed by atoms with Crippen LogP contribution in [-0.4, -0.2) is 47.2 Å². The topological polar surface area (TPSA) is 89.2 Å². The predicted octanol–water partition coefficient (Wildman–Crippen LogP) is 2.50. The summed E-state index contributed by atoms with van der Waals surface area (Å²) >= 11 is 0. The summed E-state index contributed by atoms with van der Waals surface area (Å²) in [4.78, 5) is 16.6. The number of nitriles is 1. The number of piperazine rings is 1. The number of carbonyl (C=O) groups excluding carboxylic acids is 1. The Balaban J connectivity index is 1.43. The van der Waals surface area contributed by atoms with Crippen molar-refractivity contribution in [2.75, 3.05) is 31.1 Å². The molecule has 0 saturated carbocycles. The molecule has 0 spiro atoms. The monoisotopic (exact) mass is 347 g/mol. The van der Waals surface area contributed by atoms with Crippen LogP contribution in [0.4, 0.5) is 5.69 Å². The van der Waals surface area contributed by atoms with Crippen molar-refractivity contribution in [2.45, 2.75) is 0 Å². The highest BCUT2D eigenvalue weighted by atomic mass is 16.3. The zero-order valence-electron chi connectivity index (χ0n) is 14.1. The third-order valence-corrected chi connectivity index (χ3v) is 4.52. The molecule has 3 aromatic rings. The molecule has 1 amide bonds. The highest BCUT2D eigenvalue weighted by Gasteiger charge is 2.25. The molecule has 0 atom stereocenters. The Morgan fingerprint density at radius 3 is 2.69 bits per heavy atom. The lowest BCUT2D eigenvalue weighted by Gasteiger charge is -2.36. The van der Waals surface area contributed by atoms with E-state index in [2.05, 4.69) is 21.2 Å². The van der Waals surface area contributed by atoms with Crippen LogP contribution in [0.1, 0.15) is 16.1 Å². The lowest BCUT2D eigenvalue weighted by atomic mass is 10.1. The van der Waals surface area contributed by atoms with Gasteiger partial charge in [0.05, 0.1) is 17.5 Å². The minimum absolute atomic E-state index is 0.104. The number of nitrogens with zero attached hydrogens (tertiary/aromatic N) is 4. The molecule has 7 heteroatoms. The van der Waals surface area contributed by atoms with E-state index in [0.29, 0.717) is 48.9 Å². The number of H-pyrrole nitrogens is 1. The van der Waals surface area contributed by atoms with Crippen LogP contribution in [0.15, 0.2) is 53.1 Å². The van der Waals surface area contributed by atoms with Crippen molar-refractivity contribution >= 4 is 11.6 Å². The van der Waals surface area contributed by atoms with Crippen molar-refractivity contribution in [3.8, 4) is 17.5 Å². The molecule has 1 aromatic carbocycles. The number of hydrogen-bond acceptors (Lipinski definition) is 5. The number of amides is 1. The van der Waals surface area contributed by atoms with Crippen LogP contribution < -0.4 is 4.90 Å². The molecular formula is C19H17N5O2. The molecule has 2 aromatic heterocycles. The molecule has 3 heterocycles. The first-order valence-electron chi connectivity index (χ1n) is 8.39. The molecule has 1 N–H and O–H groups in total. The smallest absolute Gasteiger partial charge is 0.274 e. The Morgan fingerprint density at radius 1 is 1.15 bits per heavy atom. The molecule has 1 fully saturated rings. The molecular weight excluding hydrogens is 330 g/mol. The summed E-state index contributed by atoms with van der Waals surface area (Å²) in [5.41, 5.74) is 2.63. The number of hydrogen-bond donors (Lipinski definition) is 1. The number of para-hydroxylation sites is 1. The summed E-state index contributed by atoms with van der Waals surface area (Å²) in [6.07, 6.45) is 1.58. The molecule has 0 bridgehead atoms. The summed E-state index contributed by atoms with van der Waals surface area (Å²) in [5.74, 6) is 0.543. The van der Waals surface area contributed by atoms with Gasteiger partial charge in [0, 0.05) is 32.2 Å². The number of furan rings is 1. The van der Waals surface area contributed by atoms with Gasteiger partial charge in [0.2, 0.25) is 0 Å². The molecule has 1 aliphatic rings. The van der Waals surface area contributed by atoms with Gasteiger partial charge in [-0.05, 0) is 24.3 Å². The van der Waals surface area contributed by atoms with Gasteiger partial charge in [0.25, 0.3) is 5.91 Å². The predicted molar refractivity (Wildman–Crippen MR) is 95.6 cm³/mol. The molecule has 0 aliphatic carbocycles. The largest absolute Gasteiger partial charge is 0.463 e. The van der Waals surface area contributed by atoms with Gasteiger partial charge in [-0.25, -0.2) is 0 Å². The summed E-state index contributed by atoms with van der Waals surface area (Å²) in [6, 6.07) is 15.1. The number of carbonyl (C=O) groups is 1. The number of aromatic amines is 1. The lowest BCUT2D eigenvalue weighted by molar-refractivity contribution is 0.0741. The molecule has 4 rings (SSSR count).